The molecule has 3 heterocycles. The monoisotopic (exact) mass is 345 g/mol. The highest BCUT2D eigenvalue weighted by Crippen LogP contribution is 2.34. The van der Waals surface area contributed by atoms with Gasteiger partial charge in [0.1, 0.15) is 5.82 Å². The second-order valence-electron chi connectivity index (χ2n) is 5.33. The fourth-order valence-corrected chi connectivity index (χ4v) is 3.80. The van der Waals surface area contributed by atoms with E-state index in [0.29, 0.717) is 5.02 Å². The minimum absolute atomic E-state index is 0.138. The lowest BCUT2D eigenvalue weighted by Gasteiger charge is -2.47. The number of aromatic nitrogens is 1. The van der Waals surface area contributed by atoms with E-state index >= 15 is 0 Å². The van der Waals surface area contributed by atoms with Gasteiger partial charge in [-0.15, -0.1) is 0 Å². The Hall–Kier alpha value is -0.360. The average molecular weight is 347 g/mol. The molecule has 0 bridgehead atoms. The number of hydrogen-bond acceptors (Lipinski definition) is 4. The highest BCUT2D eigenvalue weighted by atomic mass is 79.9. The Morgan fingerprint density at radius 3 is 3.00 bits per heavy atom. The van der Waals surface area contributed by atoms with Crippen molar-refractivity contribution in [2.75, 3.05) is 44.8 Å². The van der Waals surface area contributed by atoms with Gasteiger partial charge >= 0.3 is 0 Å². The molecule has 0 amide bonds. The van der Waals surface area contributed by atoms with Gasteiger partial charge < -0.3 is 9.64 Å². The molecule has 1 spiro atoms. The Morgan fingerprint density at radius 2 is 2.32 bits per heavy atom. The Balaban J connectivity index is 1.86. The number of ether oxygens (including phenoxy) is 1. The normalized spacial score (nSPS) is 28.3. The molecule has 3 rings (SSSR count). The minimum atomic E-state index is 0.138. The number of halogens is 2. The van der Waals surface area contributed by atoms with Crippen LogP contribution in [0.3, 0.4) is 0 Å². The largest absolute Gasteiger partial charge is 0.379 e. The average Bonchev–Trinajstić information content (AvgIpc) is 2.83. The topological polar surface area (TPSA) is 28.6 Å². The summed E-state index contributed by atoms with van der Waals surface area (Å²) >= 11 is 9.52. The molecule has 19 heavy (non-hydrogen) atoms. The van der Waals surface area contributed by atoms with Gasteiger partial charge in [0.15, 0.2) is 0 Å². The van der Waals surface area contributed by atoms with Crippen LogP contribution in [0.5, 0.6) is 0 Å². The van der Waals surface area contributed by atoms with E-state index in [9.17, 15) is 0 Å². The number of pyridine rings is 1. The smallest absolute Gasteiger partial charge is 0.143 e. The third-order valence-corrected chi connectivity index (χ3v) is 4.96. The molecular weight excluding hydrogens is 330 g/mol. The summed E-state index contributed by atoms with van der Waals surface area (Å²) in [7, 11) is 2.19. The molecule has 0 saturated carbocycles. The zero-order chi connectivity index (χ0) is 13.5. The third-order valence-electron chi connectivity index (χ3n) is 4.17. The van der Waals surface area contributed by atoms with Gasteiger partial charge in [0.2, 0.25) is 0 Å². The third kappa shape index (κ3) is 2.49. The van der Waals surface area contributed by atoms with Crippen LogP contribution in [0.1, 0.15) is 6.42 Å². The summed E-state index contributed by atoms with van der Waals surface area (Å²) in [6, 6.07) is 1.90. The molecule has 1 unspecified atom stereocenters. The maximum atomic E-state index is 5.96. The van der Waals surface area contributed by atoms with Crippen molar-refractivity contribution in [2.24, 2.45) is 0 Å². The Morgan fingerprint density at radius 1 is 1.47 bits per heavy atom. The van der Waals surface area contributed by atoms with Gasteiger partial charge in [0.25, 0.3) is 0 Å². The SMILES string of the molecule is CN1CCN(c2ncc(Cl)cc2Br)CC12CCOC2. The number of rotatable bonds is 1. The maximum absolute atomic E-state index is 5.96. The predicted molar refractivity (Wildman–Crippen MR) is 80.0 cm³/mol. The molecule has 2 aliphatic heterocycles. The van der Waals surface area contributed by atoms with Crippen molar-refractivity contribution in [3.8, 4) is 0 Å². The summed E-state index contributed by atoms with van der Waals surface area (Å²) < 4.78 is 6.58. The number of likely N-dealkylation sites (N-methyl/N-ethyl adjacent to an activating group) is 1. The van der Waals surface area contributed by atoms with E-state index in [4.69, 9.17) is 16.3 Å². The molecule has 1 aromatic rings. The van der Waals surface area contributed by atoms with Crippen LogP contribution in [0.2, 0.25) is 5.02 Å². The maximum Gasteiger partial charge on any atom is 0.143 e. The number of anilines is 1. The molecule has 0 aliphatic carbocycles. The van der Waals surface area contributed by atoms with Crippen molar-refractivity contribution in [1.29, 1.82) is 0 Å². The molecular formula is C13H17BrClN3O. The van der Waals surface area contributed by atoms with E-state index in [1.807, 2.05) is 6.07 Å². The first-order valence-electron chi connectivity index (χ1n) is 6.46. The van der Waals surface area contributed by atoms with Crippen molar-refractivity contribution in [3.05, 3.63) is 21.8 Å². The molecule has 4 nitrogen and oxygen atoms in total. The summed E-state index contributed by atoms with van der Waals surface area (Å²) in [4.78, 5) is 9.23. The number of nitrogens with zero attached hydrogens (tertiary/aromatic N) is 3. The van der Waals surface area contributed by atoms with Gasteiger partial charge in [-0.1, -0.05) is 11.6 Å². The molecule has 104 valence electrons. The number of hydrogen-bond donors (Lipinski definition) is 0. The predicted octanol–water partition coefficient (Wildman–Crippen LogP) is 2.41. The lowest BCUT2D eigenvalue weighted by molar-refractivity contribution is 0.0775. The zero-order valence-corrected chi connectivity index (χ0v) is 13.2. The molecule has 2 fully saturated rings. The van der Waals surface area contributed by atoms with Crippen LogP contribution in [-0.4, -0.2) is 55.3 Å². The van der Waals surface area contributed by atoms with E-state index in [2.05, 4.69) is 37.8 Å². The van der Waals surface area contributed by atoms with Gasteiger partial charge in [-0.05, 0) is 35.5 Å². The van der Waals surface area contributed by atoms with Crippen LogP contribution >= 0.6 is 27.5 Å². The highest BCUT2D eigenvalue weighted by molar-refractivity contribution is 9.10. The first-order valence-corrected chi connectivity index (χ1v) is 7.63. The van der Waals surface area contributed by atoms with E-state index < -0.39 is 0 Å². The Kier molecular flexibility index (Phi) is 3.73. The van der Waals surface area contributed by atoms with E-state index in [-0.39, 0.29) is 5.54 Å². The Labute approximate surface area is 126 Å². The second kappa shape index (κ2) is 5.20. The quantitative estimate of drug-likeness (QED) is 0.781. The minimum Gasteiger partial charge on any atom is -0.379 e. The highest BCUT2D eigenvalue weighted by Gasteiger charge is 2.43. The van der Waals surface area contributed by atoms with Crippen LogP contribution in [-0.2, 0) is 4.74 Å². The zero-order valence-electron chi connectivity index (χ0n) is 10.9. The van der Waals surface area contributed by atoms with Gasteiger partial charge in [-0.2, -0.15) is 0 Å². The van der Waals surface area contributed by atoms with E-state index in [0.717, 1.165) is 49.6 Å². The summed E-state index contributed by atoms with van der Waals surface area (Å²) in [6.07, 6.45) is 2.79. The summed E-state index contributed by atoms with van der Waals surface area (Å²) in [5.74, 6) is 0.976. The molecule has 1 aromatic heterocycles. The first kappa shape index (κ1) is 13.6. The van der Waals surface area contributed by atoms with Gasteiger partial charge in [-0.25, -0.2) is 4.98 Å². The second-order valence-corrected chi connectivity index (χ2v) is 6.62. The van der Waals surface area contributed by atoms with Gasteiger partial charge in [0.05, 0.1) is 21.6 Å². The first-order chi connectivity index (χ1) is 9.11. The van der Waals surface area contributed by atoms with Crippen LogP contribution in [0.15, 0.2) is 16.7 Å². The van der Waals surface area contributed by atoms with Crippen molar-refractivity contribution < 1.29 is 4.74 Å². The van der Waals surface area contributed by atoms with Crippen molar-refractivity contribution in [3.63, 3.8) is 0 Å². The van der Waals surface area contributed by atoms with Crippen molar-refractivity contribution >= 4 is 33.3 Å². The summed E-state index contributed by atoms with van der Waals surface area (Å²) in [5.41, 5.74) is 0.138. The van der Waals surface area contributed by atoms with E-state index in [1.54, 1.807) is 6.20 Å². The lowest BCUT2D eigenvalue weighted by Crippen LogP contribution is -2.61. The molecule has 2 saturated heterocycles. The summed E-state index contributed by atoms with van der Waals surface area (Å²) in [5, 5.41) is 0.656. The standard InChI is InChI=1S/C13H17BrClN3O/c1-17-3-4-18(8-13(17)2-5-19-9-13)12-11(14)6-10(15)7-16-12/h6-7H,2-5,8-9H2,1H3. The molecule has 2 aliphatic rings. The fraction of sp³-hybridized carbons (Fsp3) is 0.615. The molecule has 6 heteroatoms. The summed E-state index contributed by atoms with van der Waals surface area (Å²) in [6.45, 7) is 4.63. The van der Waals surface area contributed by atoms with Crippen LogP contribution in [0.25, 0.3) is 0 Å². The lowest BCUT2D eigenvalue weighted by atomic mass is 9.93. The van der Waals surface area contributed by atoms with Gasteiger partial charge in [0, 0.05) is 32.4 Å². The Bertz CT molecular complexity index is 479. The van der Waals surface area contributed by atoms with Crippen molar-refractivity contribution in [1.82, 2.24) is 9.88 Å². The fourth-order valence-electron chi connectivity index (χ4n) is 2.91. The molecule has 0 aromatic carbocycles. The molecule has 0 N–H and O–H groups in total. The van der Waals surface area contributed by atoms with Gasteiger partial charge in [-0.3, -0.25) is 4.90 Å². The van der Waals surface area contributed by atoms with E-state index in [1.165, 1.54) is 0 Å². The van der Waals surface area contributed by atoms with Crippen LogP contribution in [0.4, 0.5) is 5.82 Å². The molecule has 1 atom stereocenters. The molecule has 0 radical (unpaired) electrons. The van der Waals surface area contributed by atoms with Crippen LogP contribution < -0.4 is 4.90 Å². The number of piperazine rings is 1. The van der Waals surface area contributed by atoms with Crippen LogP contribution in [0, 0.1) is 0 Å². The van der Waals surface area contributed by atoms with Crippen molar-refractivity contribution in [2.45, 2.75) is 12.0 Å².